The maximum Gasteiger partial charge on any atom is 0.101 e. The molecular formula is C16H20N2O. The van der Waals surface area contributed by atoms with Crippen molar-refractivity contribution < 1.29 is 4.42 Å². The van der Waals surface area contributed by atoms with Gasteiger partial charge in [0, 0.05) is 5.56 Å². The van der Waals surface area contributed by atoms with Gasteiger partial charge in [0.15, 0.2) is 0 Å². The number of nitrogens with two attached hydrogens (primary N) is 1. The van der Waals surface area contributed by atoms with Gasteiger partial charge in [-0.05, 0) is 42.9 Å². The molecule has 1 aromatic heterocycles. The van der Waals surface area contributed by atoms with Gasteiger partial charge in [-0.2, -0.15) is 0 Å². The maximum atomic E-state index is 5.78. The van der Waals surface area contributed by atoms with E-state index in [1.807, 2.05) is 13.0 Å². The van der Waals surface area contributed by atoms with E-state index in [1.54, 1.807) is 6.26 Å². The van der Waals surface area contributed by atoms with Crippen molar-refractivity contribution in [2.24, 2.45) is 5.84 Å². The van der Waals surface area contributed by atoms with Gasteiger partial charge >= 0.3 is 0 Å². The topological polar surface area (TPSA) is 51.2 Å². The zero-order valence-corrected chi connectivity index (χ0v) is 11.2. The molecule has 1 atom stereocenters. The molecule has 19 heavy (non-hydrogen) atoms. The molecule has 3 nitrogen and oxygen atoms in total. The summed E-state index contributed by atoms with van der Waals surface area (Å²) in [6.07, 6.45) is 5.71. The van der Waals surface area contributed by atoms with Crippen molar-refractivity contribution in [3.8, 4) is 0 Å². The zero-order valence-electron chi connectivity index (χ0n) is 11.2. The first-order chi connectivity index (χ1) is 9.29. The van der Waals surface area contributed by atoms with Crippen molar-refractivity contribution in [3.05, 3.63) is 59.0 Å². The van der Waals surface area contributed by atoms with Crippen molar-refractivity contribution in [1.82, 2.24) is 5.43 Å². The first-order valence-electron chi connectivity index (χ1n) is 6.89. The molecule has 100 valence electrons. The normalized spacial score (nSPS) is 17.2. The molecule has 3 heteroatoms. The monoisotopic (exact) mass is 256 g/mol. The Kier molecular flexibility index (Phi) is 3.40. The molecule has 2 aromatic rings. The summed E-state index contributed by atoms with van der Waals surface area (Å²) in [5, 5.41) is 0. The third kappa shape index (κ3) is 2.31. The van der Waals surface area contributed by atoms with Crippen molar-refractivity contribution >= 4 is 0 Å². The van der Waals surface area contributed by atoms with Crippen LogP contribution in [0.3, 0.4) is 0 Å². The third-order valence-corrected chi connectivity index (χ3v) is 4.10. The predicted octanol–water partition coefficient (Wildman–Crippen LogP) is 3.41. The highest BCUT2D eigenvalue weighted by Crippen LogP contribution is 2.40. The fourth-order valence-electron chi connectivity index (χ4n) is 2.85. The molecule has 0 amide bonds. The molecule has 0 spiro atoms. The molecule has 0 radical (unpaired) electrons. The molecule has 0 aliphatic heterocycles. The number of hydrazine groups is 1. The van der Waals surface area contributed by atoms with Crippen LogP contribution in [0.5, 0.6) is 0 Å². The maximum absolute atomic E-state index is 5.78. The van der Waals surface area contributed by atoms with Crippen LogP contribution in [-0.2, 0) is 0 Å². The summed E-state index contributed by atoms with van der Waals surface area (Å²) in [7, 11) is 0. The molecular weight excluding hydrogens is 236 g/mol. The number of hydrogen-bond acceptors (Lipinski definition) is 3. The van der Waals surface area contributed by atoms with E-state index in [9.17, 15) is 0 Å². The summed E-state index contributed by atoms with van der Waals surface area (Å²) in [5.74, 6) is 7.39. The van der Waals surface area contributed by atoms with Crippen LogP contribution in [0.1, 0.15) is 53.7 Å². The van der Waals surface area contributed by atoms with Crippen LogP contribution in [0.25, 0.3) is 0 Å². The van der Waals surface area contributed by atoms with E-state index in [2.05, 4.69) is 29.7 Å². The van der Waals surface area contributed by atoms with Crippen LogP contribution >= 0.6 is 0 Å². The lowest BCUT2D eigenvalue weighted by atomic mass is 9.76. The van der Waals surface area contributed by atoms with Crippen LogP contribution in [0.4, 0.5) is 0 Å². The second-order valence-electron chi connectivity index (χ2n) is 5.35. The van der Waals surface area contributed by atoms with Gasteiger partial charge in [-0.1, -0.05) is 30.7 Å². The Bertz CT molecular complexity index is 557. The Hall–Kier alpha value is -1.58. The summed E-state index contributed by atoms with van der Waals surface area (Å²) < 4.78 is 5.41. The highest BCUT2D eigenvalue weighted by atomic mass is 16.3. The van der Waals surface area contributed by atoms with Crippen LogP contribution < -0.4 is 11.3 Å². The predicted molar refractivity (Wildman–Crippen MR) is 75.6 cm³/mol. The second-order valence-corrected chi connectivity index (χ2v) is 5.35. The summed E-state index contributed by atoms with van der Waals surface area (Å²) in [6.45, 7) is 1.95. The Labute approximate surface area is 113 Å². The van der Waals surface area contributed by atoms with Crippen LogP contribution in [0.15, 0.2) is 41.0 Å². The molecule has 0 bridgehead atoms. The standard InChI is InChI=1S/C16H20N2O/c1-11-9-13(10-19-11)16(18-17)15-8-3-2-7-14(15)12-5-4-6-12/h2-3,7-10,12,16,18H,4-6,17H2,1H3. The average Bonchev–Trinajstić information content (AvgIpc) is 2.77. The molecule has 1 heterocycles. The SMILES string of the molecule is Cc1cc(C(NN)c2ccccc2C2CCC2)co1. The number of nitrogens with one attached hydrogen (secondary N) is 1. The third-order valence-electron chi connectivity index (χ3n) is 4.10. The molecule has 1 aliphatic carbocycles. The van der Waals surface area contributed by atoms with Gasteiger partial charge in [-0.15, -0.1) is 0 Å². The lowest BCUT2D eigenvalue weighted by molar-refractivity contribution is 0.414. The van der Waals surface area contributed by atoms with E-state index in [-0.39, 0.29) is 6.04 Å². The Morgan fingerprint density at radius 3 is 2.68 bits per heavy atom. The van der Waals surface area contributed by atoms with Crippen molar-refractivity contribution in [1.29, 1.82) is 0 Å². The average molecular weight is 256 g/mol. The first kappa shape index (κ1) is 12.5. The van der Waals surface area contributed by atoms with E-state index in [0.717, 1.165) is 11.3 Å². The summed E-state index contributed by atoms with van der Waals surface area (Å²) >= 11 is 0. The molecule has 1 fully saturated rings. The minimum Gasteiger partial charge on any atom is -0.469 e. The Balaban J connectivity index is 1.99. The number of aryl methyl sites for hydroxylation is 1. The molecule has 3 N–H and O–H groups in total. The fraction of sp³-hybridized carbons (Fsp3) is 0.375. The van der Waals surface area contributed by atoms with E-state index >= 15 is 0 Å². The summed E-state index contributed by atoms with van der Waals surface area (Å²) in [4.78, 5) is 0. The minimum atomic E-state index is 0.00856. The van der Waals surface area contributed by atoms with Gasteiger partial charge in [0.05, 0.1) is 12.3 Å². The molecule has 1 saturated carbocycles. The van der Waals surface area contributed by atoms with Crippen molar-refractivity contribution in [3.63, 3.8) is 0 Å². The second kappa shape index (κ2) is 5.19. The molecule has 0 saturated heterocycles. The highest BCUT2D eigenvalue weighted by Gasteiger charge is 2.25. The molecule has 1 aliphatic rings. The first-order valence-corrected chi connectivity index (χ1v) is 6.89. The lowest BCUT2D eigenvalue weighted by Crippen LogP contribution is -2.30. The van der Waals surface area contributed by atoms with Crippen molar-refractivity contribution in [2.45, 2.75) is 38.1 Å². The van der Waals surface area contributed by atoms with Gasteiger partial charge in [-0.25, -0.2) is 5.43 Å². The van der Waals surface area contributed by atoms with Gasteiger partial charge in [0.25, 0.3) is 0 Å². The van der Waals surface area contributed by atoms with Crippen molar-refractivity contribution in [2.75, 3.05) is 0 Å². The van der Waals surface area contributed by atoms with Crippen LogP contribution in [0, 0.1) is 6.92 Å². The summed E-state index contributed by atoms with van der Waals surface area (Å²) in [5.41, 5.74) is 6.72. The quantitative estimate of drug-likeness (QED) is 0.651. The number of hydrogen-bond donors (Lipinski definition) is 2. The van der Waals surface area contributed by atoms with Gasteiger partial charge in [0.2, 0.25) is 0 Å². The zero-order chi connectivity index (χ0) is 13.2. The molecule has 1 unspecified atom stereocenters. The van der Waals surface area contributed by atoms with E-state index in [1.165, 1.54) is 30.4 Å². The van der Waals surface area contributed by atoms with Gasteiger partial charge < -0.3 is 4.42 Å². The smallest absolute Gasteiger partial charge is 0.101 e. The molecule has 3 rings (SSSR count). The van der Waals surface area contributed by atoms with E-state index in [4.69, 9.17) is 10.3 Å². The summed E-state index contributed by atoms with van der Waals surface area (Å²) in [6, 6.07) is 10.6. The van der Waals surface area contributed by atoms with Gasteiger partial charge in [0.1, 0.15) is 5.76 Å². The minimum absolute atomic E-state index is 0.00856. The van der Waals surface area contributed by atoms with Crippen LogP contribution in [-0.4, -0.2) is 0 Å². The van der Waals surface area contributed by atoms with E-state index < -0.39 is 0 Å². The number of furan rings is 1. The largest absolute Gasteiger partial charge is 0.469 e. The highest BCUT2D eigenvalue weighted by molar-refractivity contribution is 5.39. The Morgan fingerprint density at radius 2 is 2.11 bits per heavy atom. The van der Waals surface area contributed by atoms with Gasteiger partial charge in [-0.3, -0.25) is 5.84 Å². The van der Waals surface area contributed by atoms with E-state index in [0.29, 0.717) is 5.92 Å². The lowest BCUT2D eigenvalue weighted by Gasteiger charge is -2.30. The Morgan fingerprint density at radius 1 is 1.32 bits per heavy atom. The molecule has 1 aromatic carbocycles. The van der Waals surface area contributed by atoms with Crippen LogP contribution in [0.2, 0.25) is 0 Å². The number of rotatable bonds is 4. The fourth-order valence-corrected chi connectivity index (χ4v) is 2.85. The number of benzene rings is 1.